The van der Waals surface area contributed by atoms with Crippen molar-refractivity contribution < 1.29 is 9.59 Å². The van der Waals surface area contributed by atoms with E-state index in [1.54, 1.807) is 0 Å². The Labute approximate surface area is 96.4 Å². The molecule has 0 heterocycles. The van der Waals surface area contributed by atoms with Crippen LogP contribution >= 0.6 is 0 Å². The molecular weight excluding hydrogens is 206 g/mol. The molecule has 0 saturated carbocycles. The maximum atomic E-state index is 10.8. The van der Waals surface area contributed by atoms with E-state index >= 15 is 0 Å². The van der Waals surface area contributed by atoms with E-state index in [0.29, 0.717) is 5.57 Å². The zero-order chi connectivity index (χ0) is 13.3. The summed E-state index contributed by atoms with van der Waals surface area (Å²) in [6, 6.07) is -0.211. The van der Waals surface area contributed by atoms with Gasteiger partial charge >= 0.3 is 0 Å². The summed E-state index contributed by atoms with van der Waals surface area (Å²) in [7, 11) is 0. The first kappa shape index (κ1) is 16.8. The molecule has 0 aliphatic carbocycles. The Kier molecular flexibility index (Phi) is 9.10. The van der Waals surface area contributed by atoms with Gasteiger partial charge in [0.2, 0.25) is 11.8 Å². The first-order chi connectivity index (χ1) is 7.27. The molecule has 1 unspecified atom stereocenters. The van der Waals surface area contributed by atoms with Crippen LogP contribution in [0.15, 0.2) is 23.8 Å². The first-order valence-corrected chi connectivity index (χ1v) is 4.92. The van der Waals surface area contributed by atoms with Gasteiger partial charge in [-0.2, -0.15) is 0 Å². The van der Waals surface area contributed by atoms with Crippen LogP contribution in [0.2, 0.25) is 0 Å². The smallest absolute Gasteiger partial charge is 0.246 e. The molecular formula is C11H21N3O2. The third kappa shape index (κ3) is 7.75. The second kappa shape index (κ2) is 8.67. The van der Waals surface area contributed by atoms with Crippen molar-refractivity contribution in [3.8, 4) is 0 Å². The molecule has 0 saturated heterocycles. The summed E-state index contributed by atoms with van der Waals surface area (Å²) in [5.41, 5.74) is 16.8. The molecule has 0 aromatic heterocycles. The maximum Gasteiger partial charge on any atom is 0.246 e. The predicted octanol–water partition coefficient (Wildman–Crippen LogP) is 0.203. The highest BCUT2D eigenvalue weighted by Gasteiger charge is 2.13. The van der Waals surface area contributed by atoms with Crippen molar-refractivity contribution in [3.63, 3.8) is 0 Å². The molecule has 5 nitrogen and oxygen atoms in total. The Morgan fingerprint density at radius 3 is 1.75 bits per heavy atom. The number of rotatable bonds is 4. The van der Waals surface area contributed by atoms with Crippen molar-refractivity contribution in [2.24, 2.45) is 17.2 Å². The molecule has 0 bridgehead atoms. The summed E-state index contributed by atoms with van der Waals surface area (Å²) >= 11 is 0. The van der Waals surface area contributed by atoms with Crippen molar-refractivity contribution >= 4 is 11.8 Å². The van der Waals surface area contributed by atoms with Gasteiger partial charge in [0.15, 0.2) is 0 Å². The minimum Gasteiger partial charge on any atom is -0.366 e. The van der Waals surface area contributed by atoms with Gasteiger partial charge in [-0.25, -0.2) is 0 Å². The van der Waals surface area contributed by atoms with E-state index < -0.39 is 11.8 Å². The molecule has 2 amide bonds. The van der Waals surface area contributed by atoms with Crippen LogP contribution in [0.3, 0.4) is 0 Å². The summed E-state index contributed by atoms with van der Waals surface area (Å²) in [6.45, 7) is 8.70. The largest absolute Gasteiger partial charge is 0.366 e. The maximum absolute atomic E-state index is 10.8. The Balaban J connectivity index is 0. The molecule has 0 aromatic carbocycles. The van der Waals surface area contributed by atoms with Gasteiger partial charge in [0.1, 0.15) is 0 Å². The van der Waals surface area contributed by atoms with Gasteiger partial charge < -0.3 is 17.2 Å². The van der Waals surface area contributed by atoms with Crippen LogP contribution in [-0.4, -0.2) is 17.9 Å². The van der Waals surface area contributed by atoms with Gasteiger partial charge in [0, 0.05) is 11.6 Å². The van der Waals surface area contributed by atoms with Crippen LogP contribution in [0.4, 0.5) is 0 Å². The van der Waals surface area contributed by atoms with E-state index in [4.69, 9.17) is 11.5 Å². The minimum atomic E-state index is -0.481. The van der Waals surface area contributed by atoms with Gasteiger partial charge in [-0.15, -0.1) is 0 Å². The molecule has 0 aliphatic rings. The first-order valence-electron chi connectivity index (χ1n) is 4.92. The summed E-state index contributed by atoms with van der Waals surface area (Å²) in [5.74, 6) is -0.885. The minimum absolute atomic E-state index is 0.211. The van der Waals surface area contributed by atoms with Crippen molar-refractivity contribution in [3.05, 3.63) is 23.8 Å². The lowest BCUT2D eigenvalue weighted by atomic mass is 10.0. The Bertz CT molecular complexity index is 292. The molecule has 0 aromatic rings. The van der Waals surface area contributed by atoms with Crippen LogP contribution in [0.5, 0.6) is 0 Å². The highest BCUT2D eigenvalue weighted by molar-refractivity contribution is 5.93. The van der Waals surface area contributed by atoms with Gasteiger partial charge in [-0.1, -0.05) is 19.1 Å². The van der Waals surface area contributed by atoms with E-state index in [1.807, 2.05) is 20.8 Å². The van der Waals surface area contributed by atoms with E-state index in [-0.39, 0.29) is 6.04 Å². The predicted molar refractivity (Wildman–Crippen MR) is 65.2 cm³/mol. The molecule has 5 heteroatoms. The fourth-order valence-corrected chi connectivity index (χ4v) is 1.00. The quantitative estimate of drug-likeness (QED) is 0.596. The topological polar surface area (TPSA) is 112 Å². The Morgan fingerprint density at radius 2 is 1.69 bits per heavy atom. The zero-order valence-corrected chi connectivity index (χ0v) is 10.1. The number of carbonyl (C=O) groups excluding carboxylic acids is 2. The molecule has 0 fully saturated rings. The fraction of sp³-hybridized carbons (Fsp3) is 0.455. The van der Waals surface area contributed by atoms with Gasteiger partial charge in [-0.3, -0.25) is 9.59 Å². The van der Waals surface area contributed by atoms with Crippen LogP contribution in [-0.2, 0) is 9.59 Å². The lowest BCUT2D eigenvalue weighted by Crippen LogP contribution is -2.31. The fourth-order valence-electron chi connectivity index (χ4n) is 1.00. The standard InChI is InChI=1S/C8H16N2O.C3H5NO/c1-4-6(9)7(5(2)3)8(10)11;1-2-3(4)5/h6H,4,9H2,1-3H3,(H2,10,11);2H,1H2,(H2,4,5). The van der Waals surface area contributed by atoms with Crippen molar-refractivity contribution in [1.82, 2.24) is 0 Å². The third-order valence-corrected chi connectivity index (χ3v) is 1.82. The second-order valence-corrected chi connectivity index (χ2v) is 3.40. The highest BCUT2D eigenvalue weighted by atomic mass is 16.1. The van der Waals surface area contributed by atoms with Crippen molar-refractivity contribution in [2.75, 3.05) is 0 Å². The van der Waals surface area contributed by atoms with E-state index in [0.717, 1.165) is 18.1 Å². The van der Waals surface area contributed by atoms with Gasteiger partial charge in [0.25, 0.3) is 0 Å². The Morgan fingerprint density at radius 1 is 1.31 bits per heavy atom. The molecule has 6 N–H and O–H groups in total. The molecule has 0 rings (SSSR count). The molecule has 0 spiro atoms. The van der Waals surface area contributed by atoms with Crippen LogP contribution in [0.1, 0.15) is 27.2 Å². The van der Waals surface area contributed by atoms with Crippen molar-refractivity contribution in [2.45, 2.75) is 33.2 Å². The third-order valence-electron chi connectivity index (χ3n) is 1.82. The number of hydrogen-bond donors (Lipinski definition) is 3. The average molecular weight is 227 g/mol. The number of hydrogen-bond acceptors (Lipinski definition) is 3. The lowest BCUT2D eigenvalue weighted by Gasteiger charge is -2.12. The van der Waals surface area contributed by atoms with E-state index in [2.05, 4.69) is 12.3 Å². The molecule has 16 heavy (non-hydrogen) atoms. The summed E-state index contributed by atoms with van der Waals surface area (Å²) < 4.78 is 0. The number of allylic oxidation sites excluding steroid dienone is 1. The van der Waals surface area contributed by atoms with Gasteiger partial charge in [0.05, 0.1) is 0 Å². The number of primary amides is 2. The number of nitrogens with two attached hydrogens (primary N) is 3. The monoisotopic (exact) mass is 227 g/mol. The SMILES string of the molecule is C=CC(N)=O.CCC(N)C(C(N)=O)=C(C)C. The number of amides is 2. The van der Waals surface area contributed by atoms with E-state index in [1.165, 1.54) is 0 Å². The zero-order valence-electron chi connectivity index (χ0n) is 10.1. The molecule has 0 radical (unpaired) electrons. The van der Waals surface area contributed by atoms with E-state index in [9.17, 15) is 9.59 Å². The average Bonchev–Trinajstić information content (AvgIpc) is 2.17. The number of carbonyl (C=O) groups is 2. The summed E-state index contributed by atoms with van der Waals surface area (Å²) in [6.07, 6.45) is 1.80. The second-order valence-electron chi connectivity index (χ2n) is 3.40. The van der Waals surface area contributed by atoms with Crippen molar-refractivity contribution in [1.29, 1.82) is 0 Å². The molecule has 0 aliphatic heterocycles. The van der Waals surface area contributed by atoms with Crippen LogP contribution in [0, 0.1) is 0 Å². The molecule has 1 atom stereocenters. The summed E-state index contributed by atoms with van der Waals surface area (Å²) in [4.78, 5) is 20.3. The lowest BCUT2D eigenvalue weighted by molar-refractivity contribution is -0.115. The summed E-state index contributed by atoms with van der Waals surface area (Å²) in [5, 5.41) is 0. The normalized spacial score (nSPS) is 10.5. The molecule has 92 valence electrons. The van der Waals surface area contributed by atoms with Gasteiger partial charge in [-0.05, 0) is 26.3 Å². The van der Waals surface area contributed by atoms with Crippen LogP contribution < -0.4 is 17.2 Å². The Hall–Kier alpha value is -1.62. The van der Waals surface area contributed by atoms with Crippen LogP contribution in [0.25, 0.3) is 0 Å². The highest BCUT2D eigenvalue weighted by Crippen LogP contribution is 2.08.